The molecule has 0 unspecified atom stereocenters. The second-order valence-corrected chi connectivity index (χ2v) is 4.04. The lowest BCUT2D eigenvalue weighted by Gasteiger charge is -2.08. The largest absolute Gasteiger partial charge is 0.433 e. The Morgan fingerprint density at radius 3 is 2.58 bits per heavy atom. The number of H-pyrrole nitrogens is 1. The molecule has 1 N–H and O–H groups in total. The number of halogens is 3. The molecular formula is C13H8F3N3. The summed E-state index contributed by atoms with van der Waals surface area (Å²) in [7, 11) is 0. The van der Waals surface area contributed by atoms with Crippen molar-refractivity contribution in [1.82, 2.24) is 15.2 Å². The summed E-state index contributed by atoms with van der Waals surface area (Å²) in [6.07, 6.45) is -1.74. The zero-order valence-corrected chi connectivity index (χ0v) is 9.57. The fourth-order valence-electron chi connectivity index (χ4n) is 2.03. The molecule has 0 aliphatic carbocycles. The van der Waals surface area contributed by atoms with Gasteiger partial charge in [0.15, 0.2) is 0 Å². The van der Waals surface area contributed by atoms with Crippen LogP contribution in [0.2, 0.25) is 0 Å². The molecule has 0 aliphatic heterocycles. The van der Waals surface area contributed by atoms with E-state index in [9.17, 15) is 13.2 Å². The molecule has 3 rings (SSSR count). The first kappa shape index (κ1) is 11.7. The van der Waals surface area contributed by atoms with Crippen molar-refractivity contribution in [1.29, 1.82) is 0 Å². The highest BCUT2D eigenvalue weighted by Gasteiger charge is 2.36. The van der Waals surface area contributed by atoms with E-state index in [1.54, 1.807) is 36.5 Å². The van der Waals surface area contributed by atoms with Gasteiger partial charge in [0, 0.05) is 22.7 Å². The van der Waals surface area contributed by atoms with Crippen LogP contribution in [-0.2, 0) is 6.18 Å². The Morgan fingerprint density at radius 2 is 1.79 bits per heavy atom. The highest BCUT2D eigenvalue weighted by Crippen LogP contribution is 2.37. The van der Waals surface area contributed by atoms with Gasteiger partial charge in [0.25, 0.3) is 0 Å². The molecule has 0 saturated carbocycles. The number of nitrogens with zero attached hydrogens (tertiary/aromatic N) is 2. The van der Waals surface area contributed by atoms with Crippen molar-refractivity contribution >= 4 is 10.9 Å². The highest BCUT2D eigenvalue weighted by molar-refractivity contribution is 5.93. The summed E-state index contributed by atoms with van der Waals surface area (Å²) in [5.41, 5.74) is 0.0959. The third-order valence-electron chi connectivity index (χ3n) is 2.85. The van der Waals surface area contributed by atoms with Crippen LogP contribution in [0, 0.1) is 0 Å². The van der Waals surface area contributed by atoms with Crippen LogP contribution in [0.3, 0.4) is 0 Å². The molecule has 19 heavy (non-hydrogen) atoms. The highest BCUT2D eigenvalue weighted by atomic mass is 19.4. The van der Waals surface area contributed by atoms with E-state index >= 15 is 0 Å². The number of para-hydroxylation sites is 1. The Bertz CT molecular complexity index is 726. The molecule has 0 aliphatic rings. The summed E-state index contributed by atoms with van der Waals surface area (Å²) in [5.74, 6) is 0. The van der Waals surface area contributed by atoms with Crippen molar-refractivity contribution in [2.24, 2.45) is 0 Å². The maximum Gasteiger partial charge on any atom is 0.433 e. The van der Waals surface area contributed by atoms with Crippen LogP contribution in [0.4, 0.5) is 13.2 Å². The number of aromatic nitrogens is 3. The maximum absolute atomic E-state index is 12.9. The lowest BCUT2D eigenvalue weighted by Crippen LogP contribution is -2.07. The van der Waals surface area contributed by atoms with Crippen molar-refractivity contribution in [2.45, 2.75) is 6.18 Å². The van der Waals surface area contributed by atoms with Crippen molar-refractivity contribution < 1.29 is 13.2 Å². The minimum atomic E-state index is -4.47. The van der Waals surface area contributed by atoms with E-state index in [4.69, 9.17) is 0 Å². The summed E-state index contributed by atoms with van der Waals surface area (Å²) < 4.78 is 38.6. The van der Waals surface area contributed by atoms with Gasteiger partial charge in [-0.25, -0.2) is 0 Å². The van der Waals surface area contributed by atoms with Gasteiger partial charge in [0.05, 0.1) is 11.7 Å². The standard InChI is InChI=1S/C13H8F3N3/c14-13(15,16)12-10(7-18-19-12)9-5-1-3-8-4-2-6-17-11(8)9/h1-7H,(H,18,19). The number of nitrogens with one attached hydrogen (secondary N) is 1. The zero-order chi connectivity index (χ0) is 13.5. The van der Waals surface area contributed by atoms with Gasteiger partial charge in [-0.1, -0.05) is 24.3 Å². The zero-order valence-electron chi connectivity index (χ0n) is 9.57. The van der Waals surface area contributed by atoms with Gasteiger partial charge in [0.2, 0.25) is 0 Å². The molecule has 0 saturated heterocycles. The Hall–Kier alpha value is -2.37. The number of hydrogen-bond acceptors (Lipinski definition) is 2. The van der Waals surface area contributed by atoms with Gasteiger partial charge in [-0.3, -0.25) is 10.1 Å². The van der Waals surface area contributed by atoms with Gasteiger partial charge in [-0.2, -0.15) is 18.3 Å². The summed E-state index contributed by atoms with van der Waals surface area (Å²) >= 11 is 0. The number of alkyl halides is 3. The van der Waals surface area contributed by atoms with E-state index in [0.717, 1.165) is 5.39 Å². The first-order chi connectivity index (χ1) is 9.07. The summed E-state index contributed by atoms with van der Waals surface area (Å²) in [6.45, 7) is 0. The van der Waals surface area contributed by atoms with Gasteiger partial charge < -0.3 is 0 Å². The van der Waals surface area contributed by atoms with Crippen LogP contribution in [0.15, 0.2) is 42.7 Å². The van der Waals surface area contributed by atoms with Gasteiger partial charge in [-0.05, 0) is 6.07 Å². The second-order valence-electron chi connectivity index (χ2n) is 4.04. The fourth-order valence-corrected chi connectivity index (χ4v) is 2.03. The number of hydrogen-bond donors (Lipinski definition) is 1. The van der Waals surface area contributed by atoms with Crippen molar-refractivity contribution in [3.63, 3.8) is 0 Å². The SMILES string of the molecule is FC(F)(F)c1[nH]ncc1-c1cccc2cccnc12. The lowest BCUT2D eigenvalue weighted by atomic mass is 10.0. The molecule has 0 spiro atoms. The van der Waals surface area contributed by atoms with Gasteiger partial charge in [0.1, 0.15) is 5.69 Å². The third kappa shape index (κ3) is 1.95. The Morgan fingerprint density at radius 1 is 1.00 bits per heavy atom. The predicted molar refractivity (Wildman–Crippen MR) is 64.3 cm³/mol. The summed E-state index contributed by atoms with van der Waals surface area (Å²) in [6, 6.07) is 8.66. The predicted octanol–water partition coefficient (Wildman–Crippen LogP) is 3.64. The molecule has 0 fully saturated rings. The van der Waals surface area contributed by atoms with Crippen LogP contribution in [0.1, 0.15) is 5.69 Å². The molecule has 1 aromatic carbocycles. The minimum Gasteiger partial charge on any atom is -0.273 e. The Balaban J connectivity index is 2.29. The molecule has 96 valence electrons. The average Bonchev–Trinajstić information content (AvgIpc) is 2.87. The van der Waals surface area contributed by atoms with Crippen LogP contribution in [-0.4, -0.2) is 15.2 Å². The van der Waals surface area contributed by atoms with E-state index in [-0.39, 0.29) is 5.56 Å². The van der Waals surface area contributed by atoms with Crippen molar-refractivity contribution in [3.8, 4) is 11.1 Å². The normalized spacial score (nSPS) is 11.9. The van der Waals surface area contributed by atoms with E-state index in [0.29, 0.717) is 11.1 Å². The van der Waals surface area contributed by atoms with Gasteiger partial charge in [-0.15, -0.1) is 0 Å². The smallest absolute Gasteiger partial charge is 0.273 e. The molecule has 3 nitrogen and oxygen atoms in total. The van der Waals surface area contributed by atoms with E-state index in [1.165, 1.54) is 6.20 Å². The topological polar surface area (TPSA) is 41.6 Å². The van der Waals surface area contributed by atoms with E-state index in [1.807, 2.05) is 5.10 Å². The number of pyridine rings is 1. The molecule has 0 radical (unpaired) electrons. The molecular weight excluding hydrogens is 255 g/mol. The second kappa shape index (κ2) is 4.08. The molecule has 0 bridgehead atoms. The molecule has 3 aromatic rings. The molecule has 2 aromatic heterocycles. The summed E-state index contributed by atoms with van der Waals surface area (Å²) in [4.78, 5) is 4.15. The first-order valence-electron chi connectivity index (χ1n) is 5.52. The quantitative estimate of drug-likeness (QED) is 0.728. The number of rotatable bonds is 1. The third-order valence-corrected chi connectivity index (χ3v) is 2.85. The van der Waals surface area contributed by atoms with E-state index in [2.05, 4.69) is 10.1 Å². The fraction of sp³-hybridized carbons (Fsp3) is 0.0769. The van der Waals surface area contributed by atoms with Gasteiger partial charge >= 0.3 is 6.18 Å². The van der Waals surface area contributed by atoms with Crippen molar-refractivity contribution in [2.75, 3.05) is 0 Å². The van der Waals surface area contributed by atoms with Crippen molar-refractivity contribution in [3.05, 3.63) is 48.4 Å². The average molecular weight is 263 g/mol. The van der Waals surface area contributed by atoms with Crippen LogP contribution in [0.5, 0.6) is 0 Å². The number of fused-ring (bicyclic) bond motifs is 1. The Labute approximate surface area is 106 Å². The number of aromatic amines is 1. The number of benzene rings is 1. The van der Waals surface area contributed by atoms with Crippen LogP contribution >= 0.6 is 0 Å². The molecule has 0 amide bonds. The van der Waals surface area contributed by atoms with Crippen LogP contribution < -0.4 is 0 Å². The van der Waals surface area contributed by atoms with E-state index < -0.39 is 11.9 Å². The monoisotopic (exact) mass is 263 g/mol. The maximum atomic E-state index is 12.9. The molecule has 2 heterocycles. The van der Waals surface area contributed by atoms with Crippen LogP contribution in [0.25, 0.3) is 22.0 Å². The first-order valence-corrected chi connectivity index (χ1v) is 5.52. The summed E-state index contributed by atoms with van der Waals surface area (Å²) in [5, 5.41) is 6.29. The molecule has 6 heteroatoms. The molecule has 0 atom stereocenters. The minimum absolute atomic E-state index is 0.0109. The Kier molecular flexibility index (Phi) is 2.51. The lowest BCUT2D eigenvalue weighted by molar-refractivity contribution is -0.140.